The van der Waals surface area contributed by atoms with Gasteiger partial charge in [0.15, 0.2) is 5.78 Å². The van der Waals surface area contributed by atoms with Crippen molar-refractivity contribution in [3.05, 3.63) is 11.6 Å². The Morgan fingerprint density at radius 2 is 1.65 bits per heavy atom. The third-order valence-electron chi connectivity index (χ3n) is 11.4. The van der Waals surface area contributed by atoms with Crippen LogP contribution in [0.4, 0.5) is 0 Å². The molecule has 0 aromatic carbocycles. The van der Waals surface area contributed by atoms with E-state index in [1.165, 1.54) is 5.57 Å². The minimum atomic E-state index is -0.668. The smallest absolute Gasteiger partial charge is 0.306 e. The molecule has 2 N–H and O–H groups in total. The van der Waals surface area contributed by atoms with E-state index in [4.69, 9.17) is 0 Å². The lowest BCUT2D eigenvalue weighted by molar-refractivity contribution is -0.169. The molecule has 0 saturated heterocycles. The maximum atomic E-state index is 13.9. The first-order valence-electron chi connectivity index (χ1n) is 12.7. The van der Waals surface area contributed by atoms with Crippen LogP contribution < -0.4 is 0 Å². The van der Waals surface area contributed by atoms with Crippen LogP contribution in [-0.4, -0.2) is 28.1 Å². The largest absolute Gasteiger partial charge is 0.481 e. The van der Waals surface area contributed by atoms with Crippen LogP contribution in [0.1, 0.15) is 85.5 Å². The Hall–Kier alpha value is -1.16. The summed E-state index contributed by atoms with van der Waals surface area (Å²) >= 11 is 0. The number of aliphatic carboxylic acids is 1. The van der Waals surface area contributed by atoms with Gasteiger partial charge in [-0.25, -0.2) is 0 Å². The summed E-state index contributed by atoms with van der Waals surface area (Å²) in [6.45, 7) is 9.25. The molecule has 0 amide bonds. The zero-order chi connectivity index (χ0) is 22.3. The van der Waals surface area contributed by atoms with Gasteiger partial charge in [-0.3, -0.25) is 9.59 Å². The van der Waals surface area contributed by atoms with Crippen molar-refractivity contribution in [3.8, 4) is 0 Å². The number of ketones is 1. The number of rotatable bonds is 1. The highest BCUT2D eigenvalue weighted by atomic mass is 16.4. The molecule has 31 heavy (non-hydrogen) atoms. The van der Waals surface area contributed by atoms with Crippen LogP contribution in [-0.2, 0) is 9.59 Å². The molecule has 5 aliphatic rings. The number of allylic oxidation sites excluding steroid dienone is 2. The van der Waals surface area contributed by atoms with E-state index in [9.17, 15) is 19.8 Å². The average Bonchev–Trinajstić information content (AvgIpc) is 2.69. The van der Waals surface area contributed by atoms with E-state index in [2.05, 4.69) is 27.7 Å². The number of aliphatic hydroxyl groups excluding tert-OH is 1. The molecule has 0 heterocycles. The van der Waals surface area contributed by atoms with Crippen molar-refractivity contribution in [2.45, 2.75) is 91.6 Å². The maximum absolute atomic E-state index is 13.9. The number of aliphatic hydroxyl groups is 1. The first-order valence-corrected chi connectivity index (χ1v) is 12.7. The van der Waals surface area contributed by atoms with E-state index in [-0.39, 0.29) is 46.0 Å². The third-order valence-corrected chi connectivity index (χ3v) is 11.4. The second-order valence-corrected chi connectivity index (χ2v) is 12.7. The lowest BCUT2D eigenvalue weighted by Gasteiger charge is -2.65. The van der Waals surface area contributed by atoms with Crippen LogP contribution in [0.3, 0.4) is 0 Å². The molecule has 0 aromatic rings. The summed E-state index contributed by atoms with van der Waals surface area (Å²) in [7, 11) is 0. The molecular formula is C27H40O4. The van der Waals surface area contributed by atoms with Gasteiger partial charge in [0.05, 0.1) is 12.0 Å². The summed E-state index contributed by atoms with van der Waals surface area (Å²) in [5.74, 6) is 0.697. The number of carboxylic acid groups (broad SMARTS) is 1. The van der Waals surface area contributed by atoms with Crippen molar-refractivity contribution in [1.29, 1.82) is 0 Å². The van der Waals surface area contributed by atoms with Crippen molar-refractivity contribution >= 4 is 11.8 Å². The SMILES string of the molecule is CC1C2CC[C@@]3(C)C4CC[C@@]5(C)CC[C@H](C(=O)O)CC5C4=CC(=O)C3[C@@]2(C)CC[C@@H]1O. The minimum absolute atomic E-state index is 0.0330. The molecule has 4 saturated carbocycles. The van der Waals surface area contributed by atoms with Gasteiger partial charge in [-0.2, -0.15) is 0 Å². The maximum Gasteiger partial charge on any atom is 0.306 e. The predicted octanol–water partition coefficient (Wildman–Crippen LogP) is 5.24. The summed E-state index contributed by atoms with van der Waals surface area (Å²) in [6, 6.07) is 0. The monoisotopic (exact) mass is 428 g/mol. The van der Waals surface area contributed by atoms with Crippen molar-refractivity contribution in [3.63, 3.8) is 0 Å². The second-order valence-electron chi connectivity index (χ2n) is 12.7. The van der Waals surface area contributed by atoms with Crippen molar-refractivity contribution in [2.75, 3.05) is 0 Å². The van der Waals surface area contributed by atoms with Crippen molar-refractivity contribution < 1.29 is 19.8 Å². The normalized spacial score (nSPS) is 54.0. The fourth-order valence-electron chi connectivity index (χ4n) is 9.59. The molecule has 10 atom stereocenters. The van der Waals surface area contributed by atoms with Gasteiger partial charge < -0.3 is 10.2 Å². The number of carboxylic acids is 1. The first kappa shape index (κ1) is 21.7. The highest BCUT2D eigenvalue weighted by Gasteiger charge is 2.64. The number of carbonyl (C=O) groups excluding carboxylic acids is 1. The van der Waals surface area contributed by atoms with Crippen LogP contribution in [0, 0.1) is 51.8 Å². The van der Waals surface area contributed by atoms with E-state index in [1.54, 1.807) is 0 Å². The Kier molecular flexibility index (Phi) is 4.84. The Balaban J connectivity index is 1.55. The topological polar surface area (TPSA) is 74.6 Å². The molecular weight excluding hydrogens is 388 g/mol. The molecule has 0 radical (unpaired) electrons. The van der Waals surface area contributed by atoms with Gasteiger partial charge in [-0.05, 0) is 104 Å². The fourth-order valence-corrected chi connectivity index (χ4v) is 9.59. The number of hydrogen-bond acceptors (Lipinski definition) is 3. The molecule has 4 fully saturated rings. The summed E-state index contributed by atoms with van der Waals surface area (Å²) in [5, 5.41) is 20.2. The quantitative estimate of drug-likeness (QED) is 0.599. The van der Waals surface area contributed by atoms with Gasteiger partial charge in [0, 0.05) is 5.92 Å². The van der Waals surface area contributed by atoms with Gasteiger partial charge in [-0.15, -0.1) is 0 Å². The van der Waals surface area contributed by atoms with Crippen molar-refractivity contribution in [1.82, 2.24) is 0 Å². The highest BCUT2D eigenvalue weighted by Crippen LogP contribution is 2.69. The zero-order valence-corrected chi connectivity index (χ0v) is 19.7. The van der Waals surface area contributed by atoms with Gasteiger partial charge in [0.1, 0.15) is 0 Å². The summed E-state index contributed by atoms with van der Waals surface area (Å²) < 4.78 is 0. The number of fused-ring (bicyclic) bond motifs is 7. The molecule has 0 aliphatic heterocycles. The van der Waals surface area contributed by atoms with E-state index in [1.807, 2.05) is 6.08 Å². The Bertz CT molecular complexity index is 831. The third kappa shape index (κ3) is 2.89. The molecule has 5 rings (SSSR count). The van der Waals surface area contributed by atoms with Crippen LogP contribution in [0.25, 0.3) is 0 Å². The number of carbonyl (C=O) groups is 2. The highest BCUT2D eigenvalue weighted by molar-refractivity contribution is 5.95. The van der Waals surface area contributed by atoms with Crippen LogP contribution in [0.15, 0.2) is 11.6 Å². The Morgan fingerprint density at radius 3 is 2.35 bits per heavy atom. The van der Waals surface area contributed by atoms with Crippen molar-refractivity contribution in [2.24, 2.45) is 51.8 Å². The molecule has 0 aromatic heterocycles. The van der Waals surface area contributed by atoms with Crippen LogP contribution in [0.2, 0.25) is 0 Å². The molecule has 172 valence electrons. The molecule has 0 bridgehead atoms. The molecule has 5 unspecified atom stereocenters. The van der Waals surface area contributed by atoms with E-state index >= 15 is 0 Å². The Labute approximate surface area is 186 Å². The average molecular weight is 429 g/mol. The summed E-state index contributed by atoms with van der Waals surface area (Å²) in [6.07, 6.45) is 10.4. The van der Waals surface area contributed by atoms with Crippen LogP contribution >= 0.6 is 0 Å². The van der Waals surface area contributed by atoms with E-state index in [0.717, 1.165) is 51.4 Å². The molecule has 4 nitrogen and oxygen atoms in total. The van der Waals surface area contributed by atoms with E-state index < -0.39 is 5.97 Å². The second kappa shape index (κ2) is 6.92. The van der Waals surface area contributed by atoms with Gasteiger partial charge in [0.2, 0.25) is 0 Å². The van der Waals surface area contributed by atoms with Gasteiger partial charge in [0.25, 0.3) is 0 Å². The lowest BCUT2D eigenvalue weighted by Crippen LogP contribution is -2.61. The van der Waals surface area contributed by atoms with Gasteiger partial charge >= 0.3 is 5.97 Å². The Morgan fingerprint density at radius 1 is 0.968 bits per heavy atom. The fraction of sp³-hybridized carbons (Fsp3) is 0.852. The van der Waals surface area contributed by atoms with Crippen LogP contribution in [0.5, 0.6) is 0 Å². The summed E-state index contributed by atoms with van der Waals surface area (Å²) in [4.78, 5) is 25.7. The predicted molar refractivity (Wildman–Crippen MR) is 119 cm³/mol. The zero-order valence-electron chi connectivity index (χ0n) is 19.7. The first-order chi connectivity index (χ1) is 14.5. The standard InChI is InChI=1S/C27H40O4/c1-15-18-7-11-27(4)19-6-10-25(2)9-5-16(24(30)31)13-20(25)17(19)14-22(29)23(27)26(18,3)12-8-21(15)28/h14-16,18-21,23,28H,5-13H2,1-4H3,(H,30,31)/t15?,16-,18?,19?,20?,21-,23?,25+,26-,27-/m0/s1. The molecule has 5 aliphatic carbocycles. The van der Waals surface area contributed by atoms with E-state index in [0.29, 0.717) is 24.0 Å². The number of hydrogen-bond donors (Lipinski definition) is 2. The lowest BCUT2D eigenvalue weighted by atomic mass is 9.38. The minimum Gasteiger partial charge on any atom is -0.481 e. The molecule has 4 heteroatoms. The van der Waals surface area contributed by atoms with Gasteiger partial charge in [-0.1, -0.05) is 33.3 Å². The molecule has 0 spiro atoms. The summed E-state index contributed by atoms with van der Waals surface area (Å²) in [5.41, 5.74) is 1.37.